The summed E-state index contributed by atoms with van der Waals surface area (Å²) in [6, 6.07) is 0. The molecule has 6 heteroatoms. The zero-order chi connectivity index (χ0) is 6.83. The highest BCUT2D eigenvalue weighted by Gasteiger charge is 1.64. The maximum Gasteiger partial charge on any atom is 0.0437 e. The van der Waals surface area contributed by atoms with E-state index in [1.54, 1.807) is 6.92 Å². The largest absolute Gasteiger partial charge is 0.397 e. The summed E-state index contributed by atoms with van der Waals surface area (Å²) < 4.78 is 4.83. The minimum Gasteiger partial charge on any atom is -0.397 e. The minimum atomic E-state index is 0. The highest BCUT2D eigenvalue weighted by molar-refractivity contribution is 5.75. The normalized spacial score (nSPS) is 5.00. The molecule has 2 nitrogen and oxygen atoms in total. The van der Waals surface area contributed by atoms with Crippen LogP contribution in [0.2, 0.25) is 0 Å². The van der Waals surface area contributed by atoms with Crippen LogP contribution in [0.5, 0.6) is 0 Å². The summed E-state index contributed by atoms with van der Waals surface area (Å²) in [5, 5.41) is 7.57. The van der Waals surface area contributed by atoms with Crippen LogP contribution in [0.1, 0.15) is 20.8 Å². The molecule has 0 atom stereocenters. The maximum atomic E-state index is 7.57. The molecule has 0 aromatic carbocycles. The van der Waals surface area contributed by atoms with Gasteiger partial charge in [0.2, 0.25) is 0 Å². The Morgan fingerprint density at radius 1 is 0.917 bits per heavy atom. The Morgan fingerprint density at radius 3 is 1.08 bits per heavy atom. The van der Waals surface area contributed by atoms with Gasteiger partial charge in [0.05, 0.1) is 0 Å². The van der Waals surface area contributed by atoms with Gasteiger partial charge in [0.15, 0.2) is 0 Å². The van der Waals surface area contributed by atoms with E-state index >= 15 is 0 Å². The molecule has 79 valence electrons. The average Bonchev–Trinajstić information content (AvgIpc) is 1.71. The number of rotatable bonds is 2. The van der Waals surface area contributed by atoms with Gasteiger partial charge in [-0.25, -0.2) is 0 Å². The quantitative estimate of drug-likeness (QED) is 0.662. The number of ether oxygens (including phenoxy) is 1. The van der Waals surface area contributed by atoms with Crippen molar-refractivity contribution in [2.24, 2.45) is 0 Å². The van der Waals surface area contributed by atoms with Crippen LogP contribution in [0.3, 0.4) is 0 Å². The van der Waals surface area contributed by atoms with E-state index in [0.717, 1.165) is 13.2 Å². The monoisotopic (exact) mass is 191 g/mol. The smallest absolute Gasteiger partial charge is 0.0437 e. The Hall–Kier alpha value is -0.225. The Labute approximate surface area is 74.0 Å². The molecule has 0 aliphatic heterocycles. The van der Waals surface area contributed by atoms with Crippen molar-refractivity contribution in [1.82, 2.24) is 0 Å². The van der Waals surface area contributed by atoms with Crippen LogP contribution < -0.4 is 0 Å². The lowest BCUT2D eigenvalue weighted by Crippen LogP contribution is -1.84. The molecule has 0 saturated heterocycles. The van der Waals surface area contributed by atoms with Gasteiger partial charge < -0.3 is 9.84 Å². The lowest BCUT2D eigenvalue weighted by molar-refractivity contribution is 0.162. The molecule has 0 fully saturated rings. The van der Waals surface area contributed by atoms with Crippen LogP contribution in [-0.2, 0) is 4.74 Å². The van der Waals surface area contributed by atoms with Gasteiger partial charge in [0.1, 0.15) is 0 Å². The molecule has 0 saturated carbocycles. The van der Waals surface area contributed by atoms with Crippen molar-refractivity contribution < 1.29 is 24.0 Å². The maximum absolute atomic E-state index is 7.57. The van der Waals surface area contributed by atoms with E-state index in [-0.39, 0.29) is 29.1 Å². The number of aliphatic hydroxyl groups excluding tert-OH is 1. The molecule has 0 bridgehead atoms. The fraction of sp³-hybridized carbons (Fsp3) is 1.00. The van der Waals surface area contributed by atoms with Crippen molar-refractivity contribution in [2.45, 2.75) is 20.8 Å². The van der Waals surface area contributed by atoms with Gasteiger partial charge in [0, 0.05) is 28.2 Å². The van der Waals surface area contributed by atoms with Gasteiger partial charge in [-0.15, -0.1) is 0 Å². The summed E-state index contributed by atoms with van der Waals surface area (Å²) in [4.78, 5) is 0. The molecule has 0 spiro atoms. The first-order valence-corrected chi connectivity index (χ1v) is 3.01. The fourth-order valence-electron chi connectivity index (χ4n) is 0.204. The molecular formula is C6H19BF3O2. The molecule has 0 rings (SSSR count). The van der Waals surface area contributed by atoms with Crippen LogP contribution in [0.15, 0.2) is 0 Å². The van der Waals surface area contributed by atoms with Gasteiger partial charge in [-0.3, -0.25) is 14.1 Å². The standard InChI is InChI=1S/C4H10O.C2H6O.B.3FH/c1-3-5-4-2;1-2-3;;;;/h3-4H2,1-2H3;3H,2H2,1H3;;3*1H. The first-order valence-electron chi connectivity index (χ1n) is 3.01. The van der Waals surface area contributed by atoms with Crippen molar-refractivity contribution in [2.75, 3.05) is 19.8 Å². The van der Waals surface area contributed by atoms with Crippen molar-refractivity contribution in [3.63, 3.8) is 0 Å². The summed E-state index contributed by atoms with van der Waals surface area (Å²) in [6.07, 6.45) is 0. The lowest BCUT2D eigenvalue weighted by atomic mass is 10.8. The summed E-state index contributed by atoms with van der Waals surface area (Å²) in [6.45, 7) is 7.60. The summed E-state index contributed by atoms with van der Waals surface area (Å²) >= 11 is 0. The summed E-state index contributed by atoms with van der Waals surface area (Å²) in [5.41, 5.74) is 0. The van der Waals surface area contributed by atoms with Crippen LogP contribution in [0.25, 0.3) is 0 Å². The summed E-state index contributed by atoms with van der Waals surface area (Å²) in [5.74, 6) is 0. The van der Waals surface area contributed by atoms with Crippen molar-refractivity contribution in [3.05, 3.63) is 0 Å². The van der Waals surface area contributed by atoms with E-state index in [0.29, 0.717) is 0 Å². The second-order valence-electron chi connectivity index (χ2n) is 1.10. The van der Waals surface area contributed by atoms with Crippen LogP contribution in [0.4, 0.5) is 14.1 Å². The van der Waals surface area contributed by atoms with E-state index in [9.17, 15) is 0 Å². The third-order valence-electron chi connectivity index (χ3n) is 0.408. The van der Waals surface area contributed by atoms with Crippen LogP contribution in [0, 0.1) is 0 Å². The van der Waals surface area contributed by atoms with Crippen LogP contribution >= 0.6 is 0 Å². The van der Waals surface area contributed by atoms with E-state index in [1.165, 1.54) is 0 Å². The van der Waals surface area contributed by atoms with E-state index < -0.39 is 0 Å². The average molecular weight is 191 g/mol. The van der Waals surface area contributed by atoms with E-state index in [4.69, 9.17) is 9.84 Å². The Balaban J connectivity index is -0.0000000119. The van der Waals surface area contributed by atoms with Crippen molar-refractivity contribution in [3.8, 4) is 0 Å². The van der Waals surface area contributed by atoms with E-state index in [1.807, 2.05) is 13.8 Å². The number of hydrogen-bond donors (Lipinski definition) is 1. The molecule has 3 radical (unpaired) electrons. The first-order chi connectivity index (χ1) is 3.83. The Bertz CT molecular complexity index is 34.8. The predicted octanol–water partition coefficient (Wildman–Crippen LogP) is 1.12. The molecule has 1 N–H and O–H groups in total. The third-order valence-corrected chi connectivity index (χ3v) is 0.408. The second-order valence-corrected chi connectivity index (χ2v) is 1.10. The Morgan fingerprint density at radius 2 is 1.08 bits per heavy atom. The van der Waals surface area contributed by atoms with Crippen molar-refractivity contribution in [1.29, 1.82) is 0 Å². The lowest BCUT2D eigenvalue weighted by Gasteiger charge is -1.86. The molecule has 0 aliphatic carbocycles. The van der Waals surface area contributed by atoms with Gasteiger partial charge in [0.25, 0.3) is 0 Å². The van der Waals surface area contributed by atoms with Crippen molar-refractivity contribution >= 4 is 8.41 Å². The van der Waals surface area contributed by atoms with Gasteiger partial charge in [-0.05, 0) is 20.8 Å². The molecule has 0 heterocycles. The van der Waals surface area contributed by atoms with Gasteiger partial charge in [-0.1, -0.05) is 0 Å². The molecule has 0 aromatic rings. The van der Waals surface area contributed by atoms with Crippen LogP contribution in [-0.4, -0.2) is 33.3 Å². The van der Waals surface area contributed by atoms with Gasteiger partial charge in [-0.2, -0.15) is 0 Å². The third kappa shape index (κ3) is 239. The molecule has 0 unspecified atom stereocenters. The second kappa shape index (κ2) is 72.2. The zero-order valence-corrected chi connectivity index (χ0v) is 7.78. The SMILES string of the molecule is CCO.CCOCC.F.F.F.[B]. The number of aliphatic hydroxyl groups is 1. The Kier molecular flexibility index (Phi) is 247. The molecule has 0 aromatic heterocycles. The molecular weight excluding hydrogens is 172 g/mol. The number of halogens is 3. The number of hydrogen-bond acceptors (Lipinski definition) is 2. The fourth-order valence-corrected chi connectivity index (χ4v) is 0.204. The first kappa shape index (κ1) is 41.0. The molecule has 12 heavy (non-hydrogen) atoms. The highest BCUT2D eigenvalue weighted by Crippen LogP contribution is 1.64. The zero-order valence-electron chi connectivity index (χ0n) is 7.78. The molecule has 0 amide bonds. The van der Waals surface area contributed by atoms with Gasteiger partial charge >= 0.3 is 0 Å². The minimum absolute atomic E-state index is 0. The van der Waals surface area contributed by atoms with E-state index in [2.05, 4.69) is 0 Å². The summed E-state index contributed by atoms with van der Waals surface area (Å²) in [7, 11) is 0. The highest BCUT2D eigenvalue weighted by atomic mass is 19.0. The predicted molar refractivity (Wildman–Crippen MR) is 48.2 cm³/mol. The molecule has 0 aliphatic rings. The topological polar surface area (TPSA) is 29.5 Å².